The molecule has 2 unspecified atom stereocenters. The maximum Gasteiger partial charge on any atom is 0.257 e. The van der Waals surface area contributed by atoms with E-state index in [2.05, 4.69) is 103 Å². The Hall–Kier alpha value is -2.35. The number of benzene rings is 2. The lowest BCUT2D eigenvalue weighted by Crippen LogP contribution is -2.42. The van der Waals surface area contributed by atoms with Crippen molar-refractivity contribution in [2.24, 2.45) is 0 Å². The molecule has 1 heterocycles. The van der Waals surface area contributed by atoms with E-state index in [0.29, 0.717) is 5.92 Å². The van der Waals surface area contributed by atoms with E-state index in [1.807, 2.05) is 0 Å². The topological polar surface area (TPSA) is 19.7 Å². The summed E-state index contributed by atoms with van der Waals surface area (Å²) in [6.07, 6.45) is 16.3. The first-order valence-electron chi connectivity index (χ1n) is 12.8. The van der Waals surface area contributed by atoms with Crippen LogP contribution in [0.1, 0.15) is 95.0 Å². The zero-order valence-corrected chi connectivity index (χ0v) is 20.5. The Kier molecular flexibility index (Phi) is 9.59. The van der Waals surface area contributed by atoms with Gasteiger partial charge >= 0.3 is 0 Å². The van der Waals surface area contributed by atoms with Gasteiger partial charge in [-0.05, 0) is 30.4 Å². The number of unbranched alkanes of at least 4 members (excludes halogenated alkanes) is 7. The minimum atomic E-state index is 0.00843. The molecule has 2 nitrogen and oxygen atoms in total. The van der Waals surface area contributed by atoms with Gasteiger partial charge < -0.3 is 0 Å². The Balaban J connectivity index is 1.68. The molecule has 0 aliphatic heterocycles. The van der Waals surface area contributed by atoms with Crippen molar-refractivity contribution < 1.29 is 4.57 Å². The number of hydrogen-bond acceptors (Lipinski definition) is 0. The molecule has 0 bridgehead atoms. The molecule has 0 amide bonds. The molecular formula is C30H43N2+. The summed E-state index contributed by atoms with van der Waals surface area (Å²) in [5.74, 6) is 1.71. The zero-order chi connectivity index (χ0) is 22.7. The summed E-state index contributed by atoms with van der Waals surface area (Å²) in [5.41, 5.74) is 2.81. The summed E-state index contributed by atoms with van der Waals surface area (Å²) in [6, 6.07) is 22.0. The van der Waals surface area contributed by atoms with Gasteiger partial charge in [-0.25, -0.2) is 9.55 Å². The monoisotopic (exact) mass is 431 g/mol. The average Bonchev–Trinajstić information content (AvgIpc) is 3.30. The van der Waals surface area contributed by atoms with Crippen LogP contribution in [0.3, 0.4) is 0 Å². The van der Waals surface area contributed by atoms with Gasteiger partial charge in [0, 0.05) is 5.41 Å². The molecule has 2 aromatic carbocycles. The van der Waals surface area contributed by atoms with E-state index < -0.39 is 0 Å². The van der Waals surface area contributed by atoms with Crippen LogP contribution >= 0.6 is 0 Å². The van der Waals surface area contributed by atoms with E-state index in [1.54, 1.807) is 0 Å². The molecule has 1 N–H and O–H groups in total. The van der Waals surface area contributed by atoms with Gasteiger partial charge in [0.05, 0.1) is 12.5 Å². The van der Waals surface area contributed by atoms with Crippen LogP contribution in [0.15, 0.2) is 73.1 Å². The second-order valence-corrected chi connectivity index (χ2v) is 9.68. The second kappa shape index (κ2) is 12.6. The third-order valence-electron chi connectivity index (χ3n) is 7.26. The standard InChI is InChI=1S/C30H42N2/c1-4-5-6-7-8-9-10-17-23-32-24-22-31-29(32)26(2)30(3,28-20-15-12-16-21-28)25-27-18-13-11-14-19-27/h11-16,18-22,24,26H,4-10,17,23,25H2,1-3H3/p+1. The van der Waals surface area contributed by atoms with E-state index >= 15 is 0 Å². The van der Waals surface area contributed by atoms with Crippen LogP contribution in [0.25, 0.3) is 0 Å². The van der Waals surface area contributed by atoms with E-state index in [0.717, 1.165) is 13.0 Å². The maximum atomic E-state index is 3.60. The number of H-pyrrole nitrogens is 1. The Morgan fingerprint density at radius 3 is 2.06 bits per heavy atom. The normalized spacial score (nSPS) is 14.2. The van der Waals surface area contributed by atoms with Crippen molar-refractivity contribution in [1.82, 2.24) is 4.98 Å². The SMILES string of the molecule is CCCCCCCCCC[n+]1cc[nH]c1C(C)C(C)(Cc1ccccc1)c1ccccc1. The first kappa shape index (κ1) is 24.3. The van der Waals surface area contributed by atoms with Crippen molar-refractivity contribution in [3.05, 3.63) is 90.0 Å². The average molecular weight is 432 g/mol. The summed E-state index contributed by atoms with van der Waals surface area (Å²) in [5, 5.41) is 0. The lowest BCUT2D eigenvalue weighted by atomic mass is 9.68. The predicted octanol–water partition coefficient (Wildman–Crippen LogP) is 7.75. The van der Waals surface area contributed by atoms with Crippen molar-refractivity contribution in [2.75, 3.05) is 0 Å². The van der Waals surface area contributed by atoms with Gasteiger partial charge in [-0.3, -0.25) is 0 Å². The minimum Gasteiger partial charge on any atom is -0.247 e. The third-order valence-corrected chi connectivity index (χ3v) is 7.26. The smallest absolute Gasteiger partial charge is 0.247 e. The molecule has 0 spiro atoms. The fraction of sp³-hybridized carbons (Fsp3) is 0.500. The molecule has 0 saturated carbocycles. The minimum absolute atomic E-state index is 0.00843. The van der Waals surface area contributed by atoms with Gasteiger partial charge in [0.15, 0.2) is 0 Å². The molecule has 2 heteroatoms. The molecule has 0 radical (unpaired) electrons. The molecule has 2 atom stereocenters. The van der Waals surface area contributed by atoms with Crippen molar-refractivity contribution in [1.29, 1.82) is 0 Å². The molecular weight excluding hydrogens is 388 g/mol. The Morgan fingerprint density at radius 1 is 0.812 bits per heavy atom. The maximum absolute atomic E-state index is 3.60. The number of aromatic nitrogens is 2. The summed E-state index contributed by atoms with van der Waals surface area (Å²) in [7, 11) is 0. The molecule has 3 rings (SSSR count). The fourth-order valence-electron chi connectivity index (χ4n) is 5.01. The number of hydrogen-bond donors (Lipinski definition) is 1. The Bertz CT molecular complexity index is 883. The third kappa shape index (κ3) is 6.58. The first-order valence-corrected chi connectivity index (χ1v) is 12.8. The zero-order valence-electron chi connectivity index (χ0n) is 20.5. The fourth-order valence-corrected chi connectivity index (χ4v) is 5.01. The number of nitrogens with zero attached hydrogens (tertiary/aromatic N) is 1. The molecule has 0 aliphatic rings. The van der Waals surface area contributed by atoms with E-state index in [1.165, 1.54) is 68.3 Å². The van der Waals surface area contributed by atoms with Gasteiger partial charge in [-0.2, -0.15) is 0 Å². The number of aryl methyl sites for hydroxylation is 1. The summed E-state index contributed by atoms with van der Waals surface area (Å²) in [6.45, 7) is 8.22. The lowest BCUT2D eigenvalue weighted by molar-refractivity contribution is -0.705. The van der Waals surface area contributed by atoms with Gasteiger partial charge in [-0.1, -0.05) is 120 Å². The highest BCUT2D eigenvalue weighted by Gasteiger charge is 2.39. The Labute approximate surface area is 196 Å². The lowest BCUT2D eigenvalue weighted by Gasteiger charge is -2.34. The number of rotatable bonds is 14. The van der Waals surface area contributed by atoms with Crippen LogP contribution in [0.2, 0.25) is 0 Å². The van der Waals surface area contributed by atoms with E-state index in [-0.39, 0.29) is 5.41 Å². The van der Waals surface area contributed by atoms with E-state index in [9.17, 15) is 0 Å². The highest BCUT2D eigenvalue weighted by molar-refractivity contribution is 5.32. The molecule has 0 aliphatic carbocycles. The van der Waals surface area contributed by atoms with Crippen LogP contribution in [-0.2, 0) is 18.4 Å². The number of aromatic amines is 1. The molecule has 32 heavy (non-hydrogen) atoms. The molecule has 3 aromatic rings. The molecule has 1 aromatic heterocycles. The van der Waals surface area contributed by atoms with Gasteiger partial charge in [0.1, 0.15) is 12.4 Å². The van der Waals surface area contributed by atoms with Crippen LogP contribution in [0.5, 0.6) is 0 Å². The predicted molar refractivity (Wildman–Crippen MR) is 136 cm³/mol. The van der Waals surface area contributed by atoms with Crippen LogP contribution < -0.4 is 4.57 Å². The first-order chi connectivity index (χ1) is 15.6. The second-order valence-electron chi connectivity index (χ2n) is 9.68. The summed E-state index contributed by atoms with van der Waals surface area (Å²) < 4.78 is 2.47. The van der Waals surface area contributed by atoms with Crippen LogP contribution in [0.4, 0.5) is 0 Å². The van der Waals surface area contributed by atoms with E-state index in [4.69, 9.17) is 0 Å². The molecule has 0 fully saturated rings. The van der Waals surface area contributed by atoms with Gasteiger partial charge in [0.25, 0.3) is 5.82 Å². The van der Waals surface area contributed by atoms with Crippen molar-refractivity contribution >= 4 is 0 Å². The number of nitrogens with one attached hydrogen (secondary N) is 1. The quantitative estimate of drug-likeness (QED) is 0.199. The van der Waals surface area contributed by atoms with Crippen LogP contribution in [-0.4, -0.2) is 4.98 Å². The molecule has 0 saturated heterocycles. The Morgan fingerprint density at radius 2 is 1.41 bits per heavy atom. The summed E-state index contributed by atoms with van der Waals surface area (Å²) >= 11 is 0. The van der Waals surface area contributed by atoms with Crippen LogP contribution in [0, 0.1) is 0 Å². The van der Waals surface area contributed by atoms with Gasteiger partial charge in [-0.15, -0.1) is 0 Å². The molecule has 172 valence electrons. The van der Waals surface area contributed by atoms with Gasteiger partial charge in [0.2, 0.25) is 0 Å². The highest BCUT2D eigenvalue weighted by atomic mass is 15.1. The highest BCUT2D eigenvalue weighted by Crippen LogP contribution is 2.40. The largest absolute Gasteiger partial charge is 0.257 e. The summed E-state index contributed by atoms with van der Waals surface area (Å²) in [4.78, 5) is 3.60. The van der Waals surface area contributed by atoms with Crippen molar-refractivity contribution in [2.45, 2.75) is 96.4 Å². The number of imidazole rings is 1. The van der Waals surface area contributed by atoms with Crippen molar-refractivity contribution in [3.8, 4) is 0 Å². The van der Waals surface area contributed by atoms with Crippen molar-refractivity contribution in [3.63, 3.8) is 0 Å².